The monoisotopic (exact) mass is 247 g/mol. The molecule has 0 spiro atoms. The molecule has 0 saturated heterocycles. The summed E-state index contributed by atoms with van der Waals surface area (Å²) in [7, 11) is 0. The first-order chi connectivity index (χ1) is 8.72. The van der Waals surface area contributed by atoms with Gasteiger partial charge in [-0.05, 0) is 55.7 Å². The zero-order chi connectivity index (χ0) is 13.0. The van der Waals surface area contributed by atoms with Crippen molar-refractivity contribution in [3.05, 3.63) is 35.4 Å². The summed E-state index contributed by atoms with van der Waals surface area (Å²) in [4.78, 5) is 0. The molecular weight excluding hydrogens is 222 g/mol. The Kier molecular flexibility index (Phi) is 4.79. The molecule has 100 valence electrons. The van der Waals surface area contributed by atoms with Gasteiger partial charge in [0, 0.05) is 12.6 Å². The summed E-state index contributed by atoms with van der Waals surface area (Å²) < 4.78 is 0. The van der Waals surface area contributed by atoms with Gasteiger partial charge in [0.25, 0.3) is 0 Å². The van der Waals surface area contributed by atoms with Gasteiger partial charge in [-0.25, -0.2) is 0 Å². The lowest BCUT2D eigenvalue weighted by Crippen LogP contribution is -2.28. The number of hydrogen-bond donors (Lipinski definition) is 2. The van der Waals surface area contributed by atoms with E-state index in [1.165, 1.54) is 24.0 Å². The third-order valence-corrected chi connectivity index (χ3v) is 3.93. The van der Waals surface area contributed by atoms with Gasteiger partial charge in [-0.15, -0.1) is 0 Å². The van der Waals surface area contributed by atoms with Gasteiger partial charge in [0.1, 0.15) is 0 Å². The molecule has 2 N–H and O–H groups in total. The lowest BCUT2D eigenvalue weighted by molar-refractivity contribution is 0.256. The average molecular weight is 247 g/mol. The molecule has 1 aromatic rings. The Morgan fingerprint density at radius 3 is 2.67 bits per heavy atom. The van der Waals surface area contributed by atoms with E-state index in [2.05, 4.69) is 43.4 Å². The van der Waals surface area contributed by atoms with Gasteiger partial charge in [-0.3, -0.25) is 0 Å². The molecule has 1 fully saturated rings. The van der Waals surface area contributed by atoms with Crippen LogP contribution in [0.1, 0.15) is 43.4 Å². The Morgan fingerprint density at radius 2 is 2.06 bits per heavy atom. The summed E-state index contributed by atoms with van der Waals surface area (Å²) >= 11 is 0. The highest BCUT2D eigenvalue weighted by Crippen LogP contribution is 2.41. The first-order valence-corrected chi connectivity index (χ1v) is 7.12. The molecular formula is C16H25NO. The smallest absolute Gasteiger partial charge is 0.0434 e. The summed E-state index contributed by atoms with van der Waals surface area (Å²) in [5.74, 6) is 1.35. The van der Waals surface area contributed by atoms with Gasteiger partial charge >= 0.3 is 0 Å². The minimum absolute atomic E-state index is 0.293. The summed E-state index contributed by atoms with van der Waals surface area (Å²) in [6, 6.07) is 9.20. The van der Waals surface area contributed by atoms with Crippen LogP contribution in [0.2, 0.25) is 0 Å². The van der Waals surface area contributed by atoms with Gasteiger partial charge in [0.05, 0.1) is 0 Å². The molecule has 0 amide bonds. The molecule has 0 aromatic heterocycles. The molecule has 2 nitrogen and oxygen atoms in total. The van der Waals surface area contributed by atoms with E-state index in [0.29, 0.717) is 18.6 Å². The molecule has 2 atom stereocenters. The predicted molar refractivity (Wildman–Crippen MR) is 75.5 cm³/mol. The number of aryl methyl sites for hydroxylation is 1. The standard InChI is InChI=1S/C16H25NO/c1-12(9-10-18)11-17-16(14-7-8-14)15-6-4-3-5-13(15)2/h3-6,12,14,16-18H,7-11H2,1-2H3. The Balaban J connectivity index is 1.98. The van der Waals surface area contributed by atoms with Crippen molar-refractivity contribution < 1.29 is 5.11 Å². The van der Waals surface area contributed by atoms with Gasteiger partial charge < -0.3 is 10.4 Å². The van der Waals surface area contributed by atoms with Crippen molar-refractivity contribution >= 4 is 0 Å². The number of rotatable bonds is 7. The van der Waals surface area contributed by atoms with Crippen molar-refractivity contribution in [3.63, 3.8) is 0 Å². The second-order valence-electron chi connectivity index (χ2n) is 5.70. The molecule has 2 heteroatoms. The van der Waals surface area contributed by atoms with Crippen LogP contribution in [0, 0.1) is 18.8 Å². The highest BCUT2D eigenvalue weighted by molar-refractivity contribution is 5.30. The van der Waals surface area contributed by atoms with Crippen LogP contribution in [0.3, 0.4) is 0 Å². The molecule has 1 aliphatic rings. The average Bonchev–Trinajstić information content (AvgIpc) is 3.16. The van der Waals surface area contributed by atoms with Crippen LogP contribution in [0.25, 0.3) is 0 Å². The third-order valence-electron chi connectivity index (χ3n) is 3.93. The molecule has 1 aromatic carbocycles. The van der Waals surface area contributed by atoms with Crippen molar-refractivity contribution in [1.29, 1.82) is 0 Å². The summed E-state index contributed by atoms with van der Waals surface area (Å²) in [5, 5.41) is 12.7. The van der Waals surface area contributed by atoms with E-state index in [9.17, 15) is 0 Å². The second kappa shape index (κ2) is 6.35. The molecule has 0 radical (unpaired) electrons. The van der Waals surface area contributed by atoms with Crippen LogP contribution < -0.4 is 5.32 Å². The maximum Gasteiger partial charge on any atom is 0.0434 e. The predicted octanol–water partition coefficient (Wildman–Crippen LogP) is 3.05. The van der Waals surface area contributed by atoms with Crippen LogP contribution in [0.5, 0.6) is 0 Å². The Labute approximate surface area is 110 Å². The largest absolute Gasteiger partial charge is 0.396 e. The van der Waals surface area contributed by atoms with E-state index in [-0.39, 0.29) is 0 Å². The highest BCUT2D eigenvalue weighted by Gasteiger charge is 2.32. The van der Waals surface area contributed by atoms with Crippen molar-refractivity contribution in [1.82, 2.24) is 5.32 Å². The molecule has 1 aliphatic carbocycles. The first-order valence-electron chi connectivity index (χ1n) is 7.12. The SMILES string of the molecule is Cc1ccccc1C(NCC(C)CCO)C1CC1. The lowest BCUT2D eigenvalue weighted by Gasteiger charge is -2.23. The number of aliphatic hydroxyl groups excluding tert-OH is 1. The van der Waals surface area contributed by atoms with E-state index >= 15 is 0 Å². The molecule has 2 rings (SSSR count). The van der Waals surface area contributed by atoms with Crippen LogP contribution in [-0.4, -0.2) is 18.3 Å². The fourth-order valence-electron chi connectivity index (χ4n) is 2.55. The topological polar surface area (TPSA) is 32.3 Å². The Hall–Kier alpha value is -0.860. The molecule has 0 aliphatic heterocycles. The highest BCUT2D eigenvalue weighted by atomic mass is 16.3. The van der Waals surface area contributed by atoms with Crippen LogP contribution in [0.15, 0.2) is 24.3 Å². The van der Waals surface area contributed by atoms with E-state index in [1.807, 2.05) is 0 Å². The fraction of sp³-hybridized carbons (Fsp3) is 0.625. The molecule has 1 saturated carbocycles. The van der Waals surface area contributed by atoms with Crippen molar-refractivity contribution in [2.75, 3.05) is 13.2 Å². The minimum atomic E-state index is 0.293. The third kappa shape index (κ3) is 3.56. The maximum atomic E-state index is 8.96. The summed E-state index contributed by atoms with van der Waals surface area (Å²) in [6.45, 7) is 5.69. The Bertz CT molecular complexity index is 373. The number of aliphatic hydroxyl groups is 1. The number of benzene rings is 1. The van der Waals surface area contributed by atoms with E-state index in [4.69, 9.17) is 5.11 Å². The van der Waals surface area contributed by atoms with Gasteiger partial charge in [-0.1, -0.05) is 31.2 Å². The van der Waals surface area contributed by atoms with E-state index in [0.717, 1.165) is 18.9 Å². The quantitative estimate of drug-likeness (QED) is 0.776. The van der Waals surface area contributed by atoms with E-state index < -0.39 is 0 Å². The van der Waals surface area contributed by atoms with Crippen molar-refractivity contribution in [2.45, 2.75) is 39.2 Å². The summed E-state index contributed by atoms with van der Waals surface area (Å²) in [5.41, 5.74) is 2.84. The lowest BCUT2D eigenvalue weighted by atomic mass is 9.97. The van der Waals surface area contributed by atoms with Gasteiger partial charge in [0.2, 0.25) is 0 Å². The van der Waals surface area contributed by atoms with Crippen LogP contribution in [0.4, 0.5) is 0 Å². The van der Waals surface area contributed by atoms with Gasteiger partial charge in [-0.2, -0.15) is 0 Å². The van der Waals surface area contributed by atoms with Crippen molar-refractivity contribution in [3.8, 4) is 0 Å². The number of nitrogens with one attached hydrogen (secondary N) is 1. The molecule has 18 heavy (non-hydrogen) atoms. The van der Waals surface area contributed by atoms with Crippen LogP contribution in [-0.2, 0) is 0 Å². The normalized spacial score (nSPS) is 18.6. The zero-order valence-electron chi connectivity index (χ0n) is 11.5. The second-order valence-corrected chi connectivity index (χ2v) is 5.70. The van der Waals surface area contributed by atoms with Crippen molar-refractivity contribution in [2.24, 2.45) is 11.8 Å². The summed E-state index contributed by atoms with van der Waals surface area (Å²) in [6.07, 6.45) is 3.58. The maximum absolute atomic E-state index is 8.96. The van der Waals surface area contributed by atoms with Gasteiger partial charge in [0.15, 0.2) is 0 Å². The molecule has 2 unspecified atom stereocenters. The fourth-order valence-corrected chi connectivity index (χ4v) is 2.55. The first kappa shape index (κ1) is 13.6. The number of hydrogen-bond acceptors (Lipinski definition) is 2. The Morgan fingerprint density at radius 1 is 1.33 bits per heavy atom. The minimum Gasteiger partial charge on any atom is -0.396 e. The molecule has 0 bridgehead atoms. The van der Waals surface area contributed by atoms with Crippen LogP contribution >= 0.6 is 0 Å². The van der Waals surface area contributed by atoms with E-state index in [1.54, 1.807) is 0 Å². The zero-order valence-corrected chi connectivity index (χ0v) is 11.5. The molecule has 0 heterocycles.